The van der Waals surface area contributed by atoms with E-state index in [2.05, 4.69) is 28.8 Å². The van der Waals surface area contributed by atoms with Gasteiger partial charge in [0.05, 0.1) is 17.8 Å². The molecule has 1 aromatic rings. The topological polar surface area (TPSA) is 94.9 Å². The SMILES string of the molecule is CC[C@H]1O[C@@H](n2ccc(NC(=O)C(C)C)nc2=O)C[C@H]1O[P@@]1O[C@](C)(C2CCC2)[C@@H]2CCCN21. The molecule has 4 aliphatic rings. The summed E-state index contributed by atoms with van der Waals surface area (Å²) in [6.07, 6.45) is 8.47. The van der Waals surface area contributed by atoms with Crippen molar-refractivity contribution in [3.8, 4) is 0 Å². The van der Waals surface area contributed by atoms with Crippen molar-refractivity contribution in [3.05, 3.63) is 22.7 Å². The summed E-state index contributed by atoms with van der Waals surface area (Å²) < 4.78 is 23.6. The van der Waals surface area contributed by atoms with E-state index in [9.17, 15) is 9.59 Å². The van der Waals surface area contributed by atoms with Crippen LogP contribution in [-0.2, 0) is 18.6 Å². The van der Waals surface area contributed by atoms with Crippen LogP contribution in [0, 0.1) is 11.8 Å². The van der Waals surface area contributed by atoms with Gasteiger partial charge in [0.2, 0.25) is 5.91 Å². The van der Waals surface area contributed by atoms with Crippen molar-refractivity contribution < 1.29 is 18.6 Å². The Morgan fingerprint density at radius 1 is 1.35 bits per heavy atom. The summed E-state index contributed by atoms with van der Waals surface area (Å²) in [6, 6.07) is 2.09. The van der Waals surface area contributed by atoms with Crippen molar-refractivity contribution >= 4 is 20.3 Å². The Morgan fingerprint density at radius 3 is 2.79 bits per heavy atom. The lowest BCUT2D eigenvalue weighted by Gasteiger charge is -2.42. The Labute approximate surface area is 202 Å². The fourth-order valence-corrected chi connectivity index (χ4v) is 7.86. The Hall–Kier alpha value is -1.38. The van der Waals surface area contributed by atoms with Crippen molar-refractivity contribution in [2.45, 2.75) is 103 Å². The Bertz CT molecular complexity index is 969. The molecule has 6 atom stereocenters. The molecular formula is C24H37N4O5P. The van der Waals surface area contributed by atoms with Crippen LogP contribution in [0.3, 0.4) is 0 Å². The van der Waals surface area contributed by atoms with E-state index in [1.54, 1.807) is 26.1 Å². The van der Waals surface area contributed by atoms with Crippen molar-refractivity contribution in [2.24, 2.45) is 11.8 Å². The number of nitrogens with zero attached hydrogens (tertiary/aromatic N) is 3. The summed E-state index contributed by atoms with van der Waals surface area (Å²) in [6.45, 7) is 8.99. The largest absolute Gasteiger partial charge is 0.352 e. The molecule has 0 bridgehead atoms. The van der Waals surface area contributed by atoms with Crippen LogP contribution in [0.25, 0.3) is 0 Å². The monoisotopic (exact) mass is 492 g/mol. The van der Waals surface area contributed by atoms with E-state index in [0.29, 0.717) is 18.4 Å². The van der Waals surface area contributed by atoms with Crippen LogP contribution in [0.5, 0.6) is 0 Å². The maximum atomic E-state index is 12.7. The molecule has 0 aromatic carbocycles. The number of anilines is 1. The Kier molecular flexibility index (Phi) is 6.85. The van der Waals surface area contributed by atoms with Crippen molar-refractivity contribution in [1.29, 1.82) is 0 Å². The first-order valence-corrected chi connectivity index (χ1v) is 13.9. The second-order valence-corrected chi connectivity index (χ2v) is 11.9. The van der Waals surface area contributed by atoms with Crippen molar-refractivity contribution in [3.63, 3.8) is 0 Å². The summed E-state index contributed by atoms with van der Waals surface area (Å²) in [5, 5.41) is 2.68. The van der Waals surface area contributed by atoms with E-state index < -0.39 is 20.4 Å². The quantitative estimate of drug-likeness (QED) is 0.570. The van der Waals surface area contributed by atoms with E-state index >= 15 is 0 Å². The summed E-state index contributed by atoms with van der Waals surface area (Å²) >= 11 is 0. The molecule has 0 unspecified atom stereocenters. The first kappa shape index (κ1) is 24.3. The van der Waals surface area contributed by atoms with E-state index in [1.807, 2.05) is 0 Å². The van der Waals surface area contributed by atoms with Gasteiger partial charge < -0.3 is 19.1 Å². The molecule has 0 spiro atoms. The minimum atomic E-state index is -1.14. The third-order valence-corrected chi connectivity index (χ3v) is 9.91. The second-order valence-electron chi connectivity index (χ2n) is 10.5. The number of amides is 1. The highest BCUT2D eigenvalue weighted by molar-refractivity contribution is 7.45. The molecule has 0 radical (unpaired) electrons. The number of aromatic nitrogens is 2. The zero-order valence-electron chi connectivity index (χ0n) is 20.6. The van der Waals surface area contributed by atoms with E-state index in [0.717, 1.165) is 13.0 Å². The summed E-state index contributed by atoms with van der Waals surface area (Å²) in [7, 11) is -1.14. The Morgan fingerprint density at radius 2 is 2.15 bits per heavy atom. The zero-order chi connectivity index (χ0) is 24.0. The molecule has 1 aliphatic carbocycles. The van der Waals surface area contributed by atoms with Crippen LogP contribution in [0.15, 0.2) is 17.1 Å². The molecule has 4 heterocycles. The number of nitrogens with one attached hydrogen (secondary N) is 1. The van der Waals surface area contributed by atoms with Crippen LogP contribution >= 0.6 is 8.53 Å². The number of carbonyl (C=O) groups excluding carboxylic acids is 1. The highest BCUT2D eigenvalue weighted by Crippen LogP contribution is 2.64. The van der Waals surface area contributed by atoms with Gasteiger partial charge in [0.25, 0.3) is 8.53 Å². The summed E-state index contributed by atoms with van der Waals surface area (Å²) in [5.41, 5.74) is -0.555. The Balaban J connectivity index is 1.28. The molecular weight excluding hydrogens is 455 g/mol. The van der Waals surface area contributed by atoms with Gasteiger partial charge in [0.15, 0.2) is 0 Å². The molecule has 10 heteroatoms. The average molecular weight is 493 g/mol. The maximum absolute atomic E-state index is 12.7. The fourth-order valence-electron chi connectivity index (χ4n) is 5.65. The molecule has 1 saturated carbocycles. The van der Waals surface area contributed by atoms with Gasteiger partial charge >= 0.3 is 5.69 Å². The molecule has 3 aliphatic heterocycles. The lowest BCUT2D eigenvalue weighted by Crippen LogP contribution is -2.48. The van der Waals surface area contributed by atoms with E-state index in [-0.39, 0.29) is 35.5 Å². The van der Waals surface area contributed by atoms with Gasteiger partial charge in [-0.05, 0) is 51.0 Å². The van der Waals surface area contributed by atoms with Crippen molar-refractivity contribution in [2.75, 3.05) is 11.9 Å². The molecule has 4 fully saturated rings. The van der Waals surface area contributed by atoms with Crippen LogP contribution in [0.1, 0.15) is 78.9 Å². The lowest BCUT2D eigenvalue weighted by atomic mass is 9.70. The number of hydrogen-bond acceptors (Lipinski definition) is 7. The fraction of sp³-hybridized carbons (Fsp3) is 0.792. The third-order valence-electron chi connectivity index (χ3n) is 8.01. The van der Waals surface area contributed by atoms with E-state index in [4.69, 9.17) is 13.8 Å². The van der Waals surface area contributed by atoms with Gasteiger partial charge in [-0.3, -0.25) is 9.36 Å². The van der Waals surface area contributed by atoms with Crippen LogP contribution < -0.4 is 11.0 Å². The number of ether oxygens (including phenoxy) is 1. The maximum Gasteiger partial charge on any atom is 0.351 e. The summed E-state index contributed by atoms with van der Waals surface area (Å²) in [4.78, 5) is 28.7. The minimum absolute atomic E-state index is 0.111. The molecule has 1 aromatic heterocycles. The van der Waals surface area contributed by atoms with Crippen LogP contribution in [0.4, 0.5) is 5.82 Å². The normalized spacial score (nSPS) is 36.1. The van der Waals surface area contributed by atoms with Gasteiger partial charge in [-0.1, -0.05) is 27.2 Å². The number of fused-ring (bicyclic) bond motifs is 1. The first-order chi connectivity index (χ1) is 16.3. The average Bonchev–Trinajstić information content (AvgIpc) is 3.44. The highest BCUT2D eigenvalue weighted by Gasteiger charge is 2.59. The second kappa shape index (κ2) is 9.58. The van der Waals surface area contributed by atoms with Gasteiger partial charge in [-0.25, -0.2) is 9.46 Å². The van der Waals surface area contributed by atoms with Crippen molar-refractivity contribution in [1.82, 2.24) is 14.2 Å². The molecule has 3 saturated heterocycles. The standard InChI is InChI=1S/C24H37N4O5P/c1-5-17-18(32-34-28-12-7-10-19(28)24(4,33-34)16-8-6-9-16)14-21(31-17)27-13-11-20(26-23(27)30)25-22(29)15(2)3/h11,13,15-19,21H,5-10,12,14H2,1-4H3,(H,25,26,29,30)/t17-,18-,19+,21-,24-,34+/m1/s1. The number of hydrogen-bond donors (Lipinski definition) is 1. The van der Waals surface area contributed by atoms with Gasteiger partial charge in [0.1, 0.15) is 12.0 Å². The molecule has 34 heavy (non-hydrogen) atoms. The lowest BCUT2D eigenvalue weighted by molar-refractivity contribution is -0.118. The van der Waals surface area contributed by atoms with Crippen LogP contribution in [-0.4, -0.2) is 50.5 Å². The smallest absolute Gasteiger partial charge is 0.351 e. The minimum Gasteiger partial charge on any atom is -0.352 e. The van der Waals surface area contributed by atoms with Gasteiger partial charge in [-0.2, -0.15) is 4.98 Å². The number of rotatable bonds is 7. The van der Waals surface area contributed by atoms with Crippen LogP contribution in [0.2, 0.25) is 0 Å². The molecule has 9 nitrogen and oxygen atoms in total. The summed E-state index contributed by atoms with van der Waals surface area (Å²) in [5.74, 6) is 0.528. The van der Waals surface area contributed by atoms with Gasteiger partial charge in [0, 0.05) is 31.1 Å². The third kappa shape index (κ3) is 4.35. The van der Waals surface area contributed by atoms with Gasteiger partial charge in [-0.15, -0.1) is 0 Å². The molecule has 1 N–H and O–H groups in total. The first-order valence-electron chi connectivity index (χ1n) is 12.8. The molecule has 188 valence electrons. The predicted molar refractivity (Wildman–Crippen MR) is 129 cm³/mol. The molecule has 5 rings (SSSR count). The highest BCUT2D eigenvalue weighted by atomic mass is 31.2. The van der Waals surface area contributed by atoms with E-state index in [1.165, 1.54) is 36.7 Å². The molecule has 1 amide bonds. The number of carbonyl (C=O) groups is 1. The predicted octanol–water partition coefficient (Wildman–Crippen LogP) is 4.20. The zero-order valence-corrected chi connectivity index (χ0v) is 21.5.